The lowest BCUT2D eigenvalue weighted by atomic mass is 10.1. The van der Waals surface area contributed by atoms with E-state index in [1.807, 2.05) is 13.0 Å². The third-order valence-electron chi connectivity index (χ3n) is 4.26. The summed E-state index contributed by atoms with van der Waals surface area (Å²) in [6.45, 7) is 8.18. The Morgan fingerprint density at radius 2 is 1.81 bits per heavy atom. The Morgan fingerprint density at radius 1 is 1.15 bits per heavy atom. The van der Waals surface area contributed by atoms with Crippen LogP contribution in [0.25, 0.3) is 0 Å². The quantitative estimate of drug-likeness (QED) is 0.599. The molecule has 0 aliphatic heterocycles. The molecule has 1 atom stereocenters. The number of Topliss-reactive ketones (excluding diaryl/α,β-unsaturated/α-hetero) is 1. The zero-order chi connectivity index (χ0) is 20.3. The van der Waals surface area contributed by atoms with Crippen LogP contribution >= 0.6 is 0 Å². The monoisotopic (exact) mass is 372 g/mol. The maximum Gasteiger partial charge on any atom is 0.355 e. The van der Waals surface area contributed by atoms with Crippen molar-refractivity contribution in [2.24, 2.45) is 0 Å². The van der Waals surface area contributed by atoms with Crippen LogP contribution in [0.3, 0.4) is 0 Å². The molecule has 0 bridgehead atoms. The summed E-state index contributed by atoms with van der Waals surface area (Å²) in [5, 5.41) is 2.70. The predicted molar refractivity (Wildman–Crippen MR) is 102 cm³/mol. The number of methoxy groups -OCH3 is 1. The Morgan fingerprint density at radius 3 is 2.37 bits per heavy atom. The minimum Gasteiger partial charge on any atom is -0.495 e. The van der Waals surface area contributed by atoms with Gasteiger partial charge < -0.3 is 19.8 Å². The summed E-state index contributed by atoms with van der Waals surface area (Å²) in [4.78, 5) is 39.4. The highest BCUT2D eigenvalue weighted by atomic mass is 16.5. The molecule has 27 heavy (non-hydrogen) atoms. The molecule has 7 heteroatoms. The van der Waals surface area contributed by atoms with Crippen molar-refractivity contribution >= 4 is 23.3 Å². The maximum absolute atomic E-state index is 12.4. The van der Waals surface area contributed by atoms with E-state index in [-0.39, 0.29) is 11.5 Å². The molecule has 2 N–H and O–H groups in total. The fourth-order valence-corrected chi connectivity index (χ4v) is 2.91. The van der Waals surface area contributed by atoms with Crippen molar-refractivity contribution in [2.75, 3.05) is 12.4 Å². The van der Waals surface area contributed by atoms with E-state index in [0.717, 1.165) is 5.56 Å². The van der Waals surface area contributed by atoms with Gasteiger partial charge in [-0.2, -0.15) is 0 Å². The zero-order valence-electron chi connectivity index (χ0n) is 16.4. The van der Waals surface area contributed by atoms with Gasteiger partial charge in [-0.25, -0.2) is 4.79 Å². The SMILES string of the molecule is COc1ccc(C)cc1NC(=O)[C@@H](C)OC(=O)c1[nH]c(C)c(C(C)=O)c1C. The Bertz CT molecular complexity index is 898. The fraction of sp³-hybridized carbons (Fsp3) is 0.350. The lowest BCUT2D eigenvalue weighted by molar-refractivity contribution is -0.123. The molecule has 1 aromatic heterocycles. The largest absolute Gasteiger partial charge is 0.495 e. The second kappa shape index (κ2) is 8.07. The van der Waals surface area contributed by atoms with E-state index in [4.69, 9.17) is 9.47 Å². The third-order valence-corrected chi connectivity index (χ3v) is 4.26. The number of aryl methyl sites for hydroxylation is 2. The second-order valence-corrected chi connectivity index (χ2v) is 6.42. The number of aromatic nitrogens is 1. The van der Waals surface area contributed by atoms with Gasteiger partial charge >= 0.3 is 5.97 Å². The number of nitrogens with one attached hydrogen (secondary N) is 2. The van der Waals surface area contributed by atoms with E-state index in [0.29, 0.717) is 28.3 Å². The van der Waals surface area contributed by atoms with Crippen LogP contribution in [0.15, 0.2) is 18.2 Å². The van der Waals surface area contributed by atoms with Gasteiger partial charge in [0.25, 0.3) is 5.91 Å². The molecule has 0 radical (unpaired) electrons. The lowest BCUT2D eigenvalue weighted by Gasteiger charge is -2.15. The molecule has 0 aliphatic rings. The van der Waals surface area contributed by atoms with Gasteiger partial charge in [-0.05, 0) is 57.9 Å². The number of hydrogen-bond acceptors (Lipinski definition) is 5. The number of esters is 1. The molecule has 0 unspecified atom stereocenters. The van der Waals surface area contributed by atoms with Gasteiger partial charge in [0.15, 0.2) is 11.9 Å². The number of hydrogen-bond donors (Lipinski definition) is 2. The molecule has 1 aromatic carbocycles. The first-order valence-corrected chi connectivity index (χ1v) is 8.52. The average molecular weight is 372 g/mol. The molecule has 1 heterocycles. The van der Waals surface area contributed by atoms with Crippen LogP contribution in [0.4, 0.5) is 5.69 Å². The number of carbonyl (C=O) groups excluding carboxylic acids is 3. The summed E-state index contributed by atoms with van der Waals surface area (Å²) in [5.41, 5.74) is 3.18. The van der Waals surface area contributed by atoms with Crippen LogP contribution in [0.1, 0.15) is 51.5 Å². The number of carbonyl (C=O) groups is 3. The topological polar surface area (TPSA) is 97.5 Å². The molecular formula is C20H24N2O5. The normalized spacial score (nSPS) is 11.6. The van der Waals surface area contributed by atoms with Crippen molar-refractivity contribution in [3.05, 3.63) is 46.3 Å². The Labute approximate surface area is 158 Å². The van der Waals surface area contributed by atoms with Crippen LogP contribution < -0.4 is 10.1 Å². The van der Waals surface area contributed by atoms with Gasteiger partial charge in [-0.15, -0.1) is 0 Å². The van der Waals surface area contributed by atoms with E-state index >= 15 is 0 Å². The Kier molecular flexibility index (Phi) is 6.05. The van der Waals surface area contributed by atoms with E-state index in [2.05, 4.69) is 10.3 Å². The fourth-order valence-electron chi connectivity index (χ4n) is 2.91. The number of anilines is 1. The molecule has 0 saturated carbocycles. The molecule has 1 amide bonds. The van der Waals surface area contributed by atoms with Gasteiger partial charge in [0.2, 0.25) is 0 Å². The van der Waals surface area contributed by atoms with E-state index in [9.17, 15) is 14.4 Å². The van der Waals surface area contributed by atoms with Crippen molar-refractivity contribution < 1.29 is 23.9 Å². The van der Waals surface area contributed by atoms with Gasteiger partial charge in [0, 0.05) is 11.3 Å². The number of aromatic amines is 1. The molecule has 7 nitrogen and oxygen atoms in total. The van der Waals surface area contributed by atoms with E-state index in [1.165, 1.54) is 21.0 Å². The number of H-pyrrole nitrogens is 1. The first kappa shape index (κ1) is 20.2. The third kappa shape index (κ3) is 4.36. The number of ketones is 1. The lowest BCUT2D eigenvalue weighted by Crippen LogP contribution is -2.30. The molecular weight excluding hydrogens is 348 g/mol. The van der Waals surface area contributed by atoms with Crippen LogP contribution in [0.5, 0.6) is 5.75 Å². The van der Waals surface area contributed by atoms with E-state index in [1.54, 1.807) is 26.0 Å². The average Bonchev–Trinajstić information content (AvgIpc) is 2.89. The van der Waals surface area contributed by atoms with Gasteiger partial charge in [0.05, 0.1) is 12.8 Å². The number of rotatable bonds is 6. The van der Waals surface area contributed by atoms with E-state index < -0.39 is 18.0 Å². The number of benzene rings is 1. The molecule has 2 rings (SSSR count). The summed E-state index contributed by atoms with van der Waals surface area (Å²) in [7, 11) is 1.51. The molecule has 2 aromatic rings. The minimum atomic E-state index is -1.04. The predicted octanol–water partition coefficient (Wildman–Crippen LogP) is 3.34. The summed E-state index contributed by atoms with van der Waals surface area (Å²) >= 11 is 0. The first-order valence-electron chi connectivity index (χ1n) is 8.52. The summed E-state index contributed by atoms with van der Waals surface area (Å²) in [5.74, 6) is -0.811. The summed E-state index contributed by atoms with van der Waals surface area (Å²) < 4.78 is 10.5. The Hall–Kier alpha value is -3.09. The summed E-state index contributed by atoms with van der Waals surface area (Å²) in [6.07, 6.45) is -1.04. The van der Waals surface area contributed by atoms with Crippen molar-refractivity contribution in [3.8, 4) is 5.75 Å². The minimum absolute atomic E-state index is 0.141. The molecule has 0 spiro atoms. The first-order chi connectivity index (χ1) is 12.6. The molecule has 0 saturated heterocycles. The highest BCUT2D eigenvalue weighted by Gasteiger charge is 2.25. The maximum atomic E-state index is 12.4. The highest BCUT2D eigenvalue weighted by molar-refractivity contribution is 6.02. The van der Waals surface area contributed by atoms with Crippen LogP contribution in [-0.4, -0.2) is 35.9 Å². The van der Waals surface area contributed by atoms with Gasteiger partial charge in [-0.1, -0.05) is 6.07 Å². The van der Waals surface area contributed by atoms with Crippen LogP contribution in [0, 0.1) is 20.8 Å². The van der Waals surface area contributed by atoms with Crippen molar-refractivity contribution in [3.63, 3.8) is 0 Å². The molecule has 0 fully saturated rings. The zero-order valence-corrected chi connectivity index (χ0v) is 16.4. The Balaban J connectivity index is 2.13. The standard InChI is InChI=1S/C20H24N2O5/c1-10-7-8-16(26-6)15(9-10)22-19(24)14(5)27-20(25)18-11(2)17(13(4)23)12(3)21-18/h7-9,14,21H,1-6H3,(H,22,24)/t14-/m1/s1. The molecule has 0 aliphatic carbocycles. The van der Waals surface area contributed by atoms with Gasteiger partial charge in [0.1, 0.15) is 11.4 Å². The number of ether oxygens (including phenoxy) is 2. The van der Waals surface area contributed by atoms with Gasteiger partial charge in [-0.3, -0.25) is 9.59 Å². The van der Waals surface area contributed by atoms with Crippen LogP contribution in [-0.2, 0) is 9.53 Å². The second-order valence-electron chi connectivity index (χ2n) is 6.42. The van der Waals surface area contributed by atoms with Crippen LogP contribution in [0.2, 0.25) is 0 Å². The smallest absolute Gasteiger partial charge is 0.355 e. The summed E-state index contributed by atoms with van der Waals surface area (Å²) in [6, 6.07) is 5.37. The molecule has 144 valence electrons. The van der Waals surface area contributed by atoms with Crippen molar-refractivity contribution in [1.82, 2.24) is 4.98 Å². The van der Waals surface area contributed by atoms with Crippen molar-refractivity contribution in [2.45, 2.75) is 40.7 Å². The number of amides is 1. The highest BCUT2D eigenvalue weighted by Crippen LogP contribution is 2.25. The van der Waals surface area contributed by atoms with Crippen molar-refractivity contribution in [1.29, 1.82) is 0 Å².